The molecule has 0 unspecified atom stereocenters. The lowest BCUT2D eigenvalue weighted by Crippen LogP contribution is -2.23. The van der Waals surface area contributed by atoms with Crippen molar-refractivity contribution in [2.45, 2.75) is 6.42 Å². The second-order valence-electron chi connectivity index (χ2n) is 6.39. The number of para-hydroxylation sites is 1. The van der Waals surface area contributed by atoms with E-state index in [-0.39, 0.29) is 6.61 Å². The molecule has 1 N–H and O–H groups in total. The Hall–Kier alpha value is -4.11. The topological polar surface area (TPSA) is 88.4 Å². The van der Waals surface area contributed by atoms with E-state index in [1.165, 1.54) is 0 Å². The molecule has 6 nitrogen and oxygen atoms in total. The predicted octanol–water partition coefficient (Wildman–Crippen LogP) is 3.98. The third-order valence-electron chi connectivity index (χ3n) is 4.20. The molecule has 0 aliphatic rings. The summed E-state index contributed by atoms with van der Waals surface area (Å²) in [7, 11) is 0. The summed E-state index contributed by atoms with van der Waals surface area (Å²) >= 11 is 0. The molecule has 0 saturated carbocycles. The van der Waals surface area contributed by atoms with Crippen LogP contribution in [-0.2, 0) is 20.7 Å². The normalized spacial score (nSPS) is 9.97. The number of hydrogen-bond acceptors (Lipinski definition) is 5. The van der Waals surface area contributed by atoms with Crippen molar-refractivity contribution in [1.82, 2.24) is 0 Å². The minimum atomic E-state index is -0.641. The SMILES string of the molecule is N#CCc1ccc(NC(=O)COC(=O)COc2ccccc2-c2ccccc2)cc1. The second kappa shape index (κ2) is 10.4. The number of esters is 1. The van der Waals surface area contributed by atoms with Gasteiger partial charge in [0.05, 0.1) is 12.5 Å². The zero-order chi connectivity index (χ0) is 21.2. The Labute approximate surface area is 174 Å². The number of rotatable bonds is 8. The first kappa shape index (κ1) is 20.6. The second-order valence-corrected chi connectivity index (χ2v) is 6.39. The number of benzene rings is 3. The van der Waals surface area contributed by atoms with Gasteiger partial charge in [0, 0.05) is 11.3 Å². The molecule has 0 heterocycles. The molecule has 150 valence electrons. The van der Waals surface area contributed by atoms with Gasteiger partial charge in [-0.1, -0.05) is 60.7 Å². The van der Waals surface area contributed by atoms with E-state index in [9.17, 15) is 9.59 Å². The molecule has 3 rings (SSSR count). The van der Waals surface area contributed by atoms with Crippen LogP contribution in [0.15, 0.2) is 78.9 Å². The minimum absolute atomic E-state index is 0.305. The third kappa shape index (κ3) is 5.94. The van der Waals surface area contributed by atoms with Gasteiger partial charge in [0.2, 0.25) is 0 Å². The Morgan fingerprint density at radius 3 is 2.30 bits per heavy atom. The van der Waals surface area contributed by atoms with Gasteiger partial charge in [0.25, 0.3) is 5.91 Å². The van der Waals surface area contributed by atoms with Crippen LogP contribution in [0.3, 0.4) is 0 Å². The van der Waals surface area contributed by atoms with Crippen LogP contribution in [0, 0.1) is 11.3 Å². The molecule has 3 aromatic rings. The number of anilines is 1. The fourth-order valence-corrected chi connectivity index (χ4v) is 2.77. The molecular weight excluding hydrogens is 380 g/mol. The van der Waals surface area contributed by atoms with Crippen LogP contribution >= 0.6 is 0 Å². The maximum absolute atomic E-state index is 12.0. The van der Waals surface area contributed by atoms with E-state index in [1.807, 2.05) is 48.5 Å². The third-order valence-corrected chi connectivity index (χ3v) is 4.20. The summed E-state index contributed by atoms with van der Waals surface area (Å²) in [6.07, 6.45) is 0.305. The van der Waals surface area contributed by atoms with Crippen molar-refractivity contribution < 1.29 is 19.1 Å². The van der Waals surface area contributed by atoms with Gasteiger partial charge in [-0.25, -0.2) is 4.79 Å². The lowest BCUT2D eigenvalue weighted by Gasteiger charge is -2.11. The van der Waals surface area contributed by atoms with Crippen molar-refractivity contribution in [3.63, 3.8) is 0 Å². The summed E-state index contributed by atoms with van der Waals surface area (Å²) in [6.45, 7) is -0.720. The van der Waals surface area contributed by atoms with Crippen LogP contribution < -0.4 is 10.1 Å². The first-order valence-corrected chi connectivity index (χ1v) is 9.34. The average Bonchev–Trinajstić information content (AvgIpc) is 2.78. The molecule has 0 fully saturated rings. The zero-order valence-corrected chi connectivity index (χ0v) is 16.2. The van der Waals surface area contributed by atoms with Gasteiger partial charge in [0.15, 0.2) is 13.2 Å². The molecular formula is C24H20N2O4. The lowest BCUT2D eigenvalue weighted by molar-refractivity contribution is -0.149. The van der Waals surface area contributed by atoms with Gasteiger partial charge in [-0.05, 0) is 29.3 Å². The van der Waals surface area contributed by atoms with Crippen LogP contribution in [0.2, 0.25) is 0 Å². The summed E-state index contributed by atoms with van der Waals surface area (Å²) in [5.41, 5.74) is 3.26. The molecule has 0 aliphatic carbocycles. The first-order chi connectivity index (χ1) is 14.7. The van der Waals surface area contributed by atoms with Crippen LogP contribution in [0.1, 0.15) is 5.56 Å². The van der Waals surface area contributed by atoms with Crippen LogP contribution in [0.4, 0.5) is 5.69 Å². The monoisotopic (exact) mass is 400 g/mol. The van der Waals surface area contributed by atoms with E-state index in [0.29, 0.717) is 17.9 Å². The molecule has 0 aromatic heterocycles. The summed E-state index contributed by atoms with van der Waals surface area (Å²) in [4.78, 5) is 23.9. The van der Waals surface area contributed by atoms with Gasteiger partial charge in [-0.15, -0.1) is 0 Å². The maximum Gasteiger partial charge on any atom is 0.344 e. The van der Waals surface area contributed by atoms with Crippen LogP contribution in [0.5, 0.6) is 5.75 Å². The highest BCUT2D eigenvalue weighted by Gasteiger charge is 2.11. The number of carbonyl (C=O) groups is 2. The highest BCUT2D eigenvalue weighted by Crippen LogP contribution is 2.29. The Kier molecular flexibility index (Phi) is 7.17. The maximum atomic E-state index is 12.0. The highest BCUT2D eigenvalue weighted by atomic mass is 16.6. The average molecular weight is 400 g/mol. The van der Waals surface area contributed by atoms with Crippen molar-refractivity contribution in [1.29, 1.82) is 5.26 Å². The summed E-state index contributed by atoms with van der Waals surface area (Å²) in [5.74, 6) is -0.541. The molecule has 0 atom stereocenters. The summed E-state index contributed by atoms with van der Waals surface area (Å²) < 4.78 is 10.6. The Balaban J connectivity index is 1.47. The summed E-state index contributed by atoms with van der Waals surface area (Å²) in [5, 5.41) is 11.3. The fraction of sp³-hybridized carbons (Fsp3) is 0.125. The number of nitriles is 1. The van der Waals surface area contributed by atoms with Crippen molar-refractivity contribution in [3.8, 4) is 22.9 Å². The van der Waals surface area contributed by atoms with Crippen molar-refractivity contribution in [2.24, 2.45) is 0 Å². The summed E-state index contributed by atoms with van der Waals surface area (Å²) in [6, 6.07) is 26.0. The van der Waals surface area contributed by atoms with E-state index in [4.69, 9.17) is 14.7 Å². The Morgan fingerprint density at radius 1 is 0.867 bits per heavy atom. The predicted molar refractivity (Wildman–Crippen MR) is 113 cm³/mol. The van der Waals surface area contributed by atoms with E-state index in [0.717, 1.165) is 16.7 Å². The Bertz CT molecular complexity index is 1040. The minimum Gasteiger partial charge on any atom is -0.481 e. The van der Waals surface area contributed by atoms with Gasteiger partial charge >= 0.3 is 5.97 Å². The van der Waals surface area contributed by atoms with Gasteiger partial charge in [0.1, 0.15) is 5.75 Å². The fourth-order valence-electron chi connectivity index (χ4n) is 2.77. The molecule has 0 aliphatic heterocycles. The van der Waals surface area contributed by atoms with Crippen molar-refractivity contribution >= 4 is 17.6 Å². The molecule has 0 spiro atoms. The standard InChI is InChI=1S/C24H20N2O4/c25-15-14-18-10-12-20(13-11-18)26-23(27)16-30-24(28)17-29-22-9-5-4-8-21(22)19-6-2-1-3-7-19/h1-13H,14,16-17H2,(H,26,27). The Morgan fingerprint density at radius 2 is 1.57 bits per heavy atom. The van der Waals surface area contributed by atoms with Gasteiger partial charge < -0.3 is 14.8 Å². The van der Waals surface area contributed by atoms with Gasteiger partial charge in [-0.3, -0.25) is 4.79 Å². The van der Waals surface area contributed by atoms with Crippen LogP contribution in [-0.4, -0.2) is 25.1 Å². The molecule has 3 aromatic carbocycles. The van der Waals surface area contributed by atoms with E-state index in [1.54, 1.807) is 30.3 Å². The van der Waals surface area contributed by atoms with Crippen LogP contribution in [0.25, 0.3) is 11.1 Å². The zero-order valence-electron chi connectivity index (χ0n) is 16.2. The molecule has 0 bridgehead atoms. The van der Waals surface area contributed by atoms with Crippen molar-refractivity contribution in [2.75, 3.05) is 18.5 Å². The van der Waals surface area contributed by atoms with E-state index < -0.39 is 18.5 Å². The molecule has 0 saturated heterocycles. The number of hydrogen-bond donors (Lipinski definition) is 1. The number of ether oxygens (including phenoxy) is 2. The molecule has 6 heteroatoms. The number of amides is 1. The van der Waals surface area contributed by atoms with Gasteiger partial charge in [-0.2, -0.15) is 5.26 Å². The smallest absolute Gasteiger partial charge is 0.344 e. The molecule has 1 amide bonds. The molecule has 0 radical (unpaired) electrons. The van der Waals surface area contributed by atoms with E-state index >= 15 is 0 Å². The van der Waals surface area contributed by atoms with Crippen molar-refractivity contribution in [3.05, 3.63) is 84.4 Å². The first-order valence-electron chi connectivity index (χ1n) is 9.34. The molecule has 30 heavy (non-hydrogen) atoms. The highest BCUT2D eigenvalue weighted by molar-refractivity contribution is 5.92. The quantitative estimate of drug-likeness (QED) is 0.578. The van der Waals surface area contributed by atoms with E-state index in [2.05, 4.69) is 11.4 Å². The number of carbonyl (C=O) groups excluding carboxylic acids is 2. The number of nitrogens with one attached hydrogen (secondary N) is 1. The largest absolute Gasteiger partial charge is 0.481 e. The number of nitrogens with zero attached hydrogens (tertiary/aromatic N) is 1. The lowest BCUT2D eigenvalue weighted by atomic mass is 10.1.